The molecule has 0 N–H and O–H groups in total. The first kappa shape index (κ1) is 19.9. The monoisotopic (exact) mass is 446 g/mol. The fourth-order valence-corrected chi connectivity index (χ4v) is 4.83. The van der Waals surface area contributed by atoms with E-state index in [9.17, 15) is 13.2 Å². The molecule has 0 aliphatic heterocycles. The molecule has 0 aliphatic carbocycles. The summed E-state index contributed by atoms with van der Waals surface area (Å²) < 4.78 is 29.2. The van der Waals surface area contributed by atoms with Crippen molar-refractivity contribution in [3.63, 3.8) is 0 Å². The first-order valence-electron chi connectivity index (χ1n) is 9.70. The molecule has 4 heterocycles. The number of rotatable bonds is 4. The summed E-state index contributed by atoms with van der Waals surface area (Å²) in [6.07, 6.45) is 6.02. The molecule has 5 rings (SSSR count). The maximum atomic E-state index is 13.4. The first-order valence-corrected chi connectivity index (χ1v) is 11.1. The van der Waals surface area contributed by atoms with Crippen molar-refractivity contribution >= 4 is 32.6 Å². The van der Waals surface area contributed by atoms with E-state index in [1.165, 1.54) is 21.7 Å². The Kier molecular flexibility index (Phi) is 4.52. The van der Waals surface area contributed by atoms with Gasteiger partial charge in [-0.15, -0.1) is 0 Å². The molecule has 0 bridgehead atoms. The van der Waals surface area contributed by atoms with Gasteiger partial charge < -0.3 is 4.90 Å². The summed E-state index contributed by atoms with van der Waals surface area (Å²) in [5.41, 5.74) is 3.39. The molecule has 0 unspecified atom stereocenters. The molecule has 0 aliphatic rings. The number of benzene rings is 1. The molecule has 1 amide bonds. The highest BCUT2D eigenvalue weighted by atomic mass is 32.2. The number of carbonyl (C=O) groups is 1. The zero-order valence-electron chi connectivity index (χ0n) is 17.2. The second kappa shape index (κ2) is 7.27. The van der Waals surface area contributed by atoms with Gasteiger partial charge in [0.1, 0.15) is 16.7 Å². The Morgan fingerprint density at radius 1 is 0.938 bits per heavy atom. The van der Waals surface area contributed by atoms with E-state index in [4.69, 9.17) is 0 Å². The largest absolute Gasteiger partial charge is 0.345 e. The molecule has 9 nitrogen and oxygen atoms in total. The number of hydrogen-bond donors (Lipinski definition) is 0. The molecule has 0 saturated carbocycles. The van der Waals surface area contributed by atoms with Crippen molar-refractivity contribution in [2.24, 2.45) is 0 Å². The van der Waals surface area contributed by atoms with Crippen LogP contribution in [0.2, 0.25) is 0 Å². The van der Waals surface area contributed by atoms with Crippen LogP contribution >= 0.6 is 0 Å². The van der Waals surface area contributed by atoms with Gasteiger partial charge in [-0.25, -0.2) is 4.98 Å². The van der Waals surface area contributed by atoms with Crippen molar-refractivity contribution in [3.05, 3.63) is 78.9 Å². The predicted octanol–water partition coefficient (Wildman–Crippen LogP) is 2.68. The maximum Gasteiger partial charge on any atom is 0.301 e. The Bertz CT molecular complexity index is 1580. The van der Waals surface area contributed by atoms with E-state index in [1.54, 1.807) is 75.0 Å². The number of pyridine rings is 2. The minimum Gasteiger partial charge on any atom is -0.345 e. The van der Waals surface area contributed by atoms with E-state index in [2.05, 4.69) is 15.1 Å². The fraction of sp³-hybridized carbons (Fsp3) is 0.0909. The van der Waals surface area contributed by atoms with Crippen molar-refractivity contribution in [2.45, 2.75) is 5.03 Å². The van der Waals surface area contributed by atoms with Crippen LogP contribution in [-0.2, 0) is 10.0 Å². The Labute approximate surface area is 183 Å². The lowest BCUT2D eigenvalue weighted by atomic mass is 10.0. The summed E-state index contributed by atoms with van der Waals surface area (Å²) in [6.45, 7) is 0. The third-order valence-electron chi connectivity index (χ3n) is 5.13. The Morgan fingerprint density at radius 2 is 1.72 bits per heavy atom. The Hall–Kier alpha value is -4.05. The van der Waals surface area contributed by atoms with Crippen LogP contribution in [0.1, 0.15) is 10.4 Å². The molecule has 5 aromatic rings. The molecule has 160 valence electrons. The molecule has 1 aromatic carbocycles. The van der Waals surface area contributed by atoms with Gasteiger partial charge in [-0.3, -0.25) is 14.2 Å². The van der Waals surface area contributed by atoms with E-state index in [0.717, 1.165) is 9.65 Å². The quantitative estimate of drug-likeness (QED) is 0.421. The number of fused-ring (bicyclic) bond motifs is 2. The molecule has 32 heavy (non-hydrogen) atoms. The lowest BCUT2D eigenvalue weighted by Crippen LogP contribution is -2.21. The van der Waals surface area contributed by atoms with Crippen LogP contribution in [-0.4, -0.2) is 56.9 Å². The van der Waals surface area contributed by atoms with E-state index in [-0.39, 0.29) is 10.9 Å². The van der Waals surface area contributed by atoms with Gasteiger partial charge in [0.05, 0.1) is 12.4 Å². The Morgan fingerprint density at radius 3 is 2.47 bits per heavy atom. The van der Waals surface area contributed by atoms with Gasteiger partial charge in [-0.1, -0.05) is 18.2 Å². The summed E-state index contributed by atoms with van der Waals surface area (Å²) in [5, 5.41) is 4.11. The molecule has 0 spiro atoms. The van der Waals surface area contributed by atoms with Gasteiger partial charge in [0.15, 0.2) is 5.03 Å². The molecular weight excluding hydrogens is 428 g/mol. The molecule has 10 heteroatoms. The SMILES string of the molecule is CN(C)C(=O)c1ccc(-c2cnc3cnn(S(=O)(=O)c4cnc5ccccn45)c3c2)cc1. The molecule has 0 saturated heterocycles. The van der Waals surface area contributed by atoms with Gasteiger partial charge in [0, 0.05) is 37.6 Å². The molecule has 0 atom stereocenters. The van der Waals surface area contributed by atoms with Crippen molar-refractivity contribution in [1.82, 2.24) is 28.5 Å². The van der Waals surface area contributed by atoms with Crippen molar-refractivity contribution in [2.75, 3.05) is 14.1 Å². The van der Waals surface area contributed by atoms with Crippen LogP contribution in [0, 0.1) is 0 Å². The number of imidazole rings is 1. The molecule has 4 aromatic heterocycles. The van der Waals surface area contributed by atoms with E-state index >= 15 is 0 Å². The molecule has 0 fully saturated rings. The van der Waals surface area contributed by atoms with Crippen molar-refractivity contribution in [1.29, 1.82) is 0 Å². The lowest BCUT2D eigenvalue weighted by molar-refractivity contribution is 0.0827. The van der Waals surface area contributed by atoms with E-state index in [0.29, 0.717) is 27.8 Å². The van der Waals surface area contributed by atoms with E-state index < -0.39 is 10.0 Å². The Balaban J connectivity index is 1.60. The van der Waals surface area contributed by atoms with Crippen LogP contribution in [0.4, 0.5) is 0 Å². The van der Waals surface area contributed by atoms with Crippen LogP contribution in [0.25, 0.3) is 27.8 Å². The first-order chi connectivity index (χ1) is 15.4. The number of nitrogens with zero attached hydrogens (tertiary/aromatic N) is 6. The third-order valence-corrected chi connectivity index (χ3v) is 6.71. The van der Waals surface area contributed by atoms with Gasteiger partial charge in [-0.2, -0.15) is 17.6 Å². The average Bonchev–Trinajstić information content (AvgIpc) is 3.43. The normalized spacial score (nSPS) is 11.8. The number of amides is 1. The van der Waals surface area contributed by atoms with Gasteiger partial charge >= 0.3 is 10.0 Å². The zero-order chi connectivity index (χ0) is 22.5. The van der Waals surface area contributed by atoms with E-state index in [1.807, 2.05) is 0 Å². The van der Waals surface area contributed by atoms with Crippen molar-refractivity contribution in [3.8, 4) is 11.1 Å². The summed E-state index contributed by atoms with van der Waals surface area (Å²) >= 11 is 0. The molecule has 0 radical (unpaired) electrons. The number of hydrogen-bond acceptors (Lipinski definition) is 6. The summed E-state index contributed by atoms with van der Waals surface area (Å²) in [4.78, 5) is 22.2. The standard InChI is InChI=1S/C22H18N6O3S/c1-26(2)22(29)16-8-6-15(7-9-16)17-11-19-18(23-12-17)13-25-28(19)32(30,31)21-14-24-20-5-3-4-10-27(20)21/h3-14H,1-2H3. The van der Waals surface area contributed by atoms with Crippen LogP contribution < -0.4 is 0 Å². The minimum absolute atomic E-state index is 0.00931. The smallest absolute Gasteiger partial charge is 0.301 e. The highest BCUT2D eigenvalue weighted by molar-refractivity contribution is 7.90. The summed E-state index contributed by atoms with van der Waals surface area (Å²) in [7, 11) is -0.628. The number of carbonyl (C=O) groups excluding carboxylic acids is 1. The highest BCUT2D eigenvalue weighted by Gasteiger charge is 2.25. The second-order valence-electron chi connectivity index (χ2n) is 7.42. The van der Waals surface area contributed by atoms with Gasteiger partial charge in [-0.05, 0) is 35.9 Å². The summed E-state index contributed by atoms with van der Waals surface area (Å²) in [6, 6.07) is 14.0. The minimum atomic E-state index is -4.02. The van der Waals surface area contributed by atoms with Crippen LogP contribution in [0.5, 0.6) is 0 Å². The average molecular weight is 446 g/mol. The van der Waals surface area contributed by atoms with Crippen molar-refractivity contribution < 1.29 is 13.2 Å². The van der Waals surface area contributed by atoms with Crippen LogP contribution in [0.15, 0.2) is 78.3 Å². The third kappa shape index (κ3) is 3.12. The number of aromatic nitrogens is 5. The topological polar surface area (TPSA) is 102 Å². The molecular formula is C22H18N6O3S. The van der Waals surface area contributed by atoms with Crippen LogP contribution in [0.3, 0.4) is 0 Å². The second-order valence-corrected chi connectivity index (χ2v) is 9.14. The maximum absolute atomic E-state index is 13.4. The highest BCUT2D eigenvalue weighted by Crippen LogP contribution is 2.26. The zero-order valence-corrected chi connectivity index (χ0v) is 18.1. The lowest BCUT2D eigenvalue weighted by Gasteiger charge is -2.10. The fourth-order valence-electron chi connectivity index (χ4n) is 3.49. The van der Waals surface area contributed by atoms with Gasteiger partial charge in [0.25, 0.3) is 5.91 Å². The predicted molar refractivity (Wildman–Crippen MR) is 119 cm³/mol. The van der Waals surface area contributed by atoms with Gasteiger partial charge in [0.2, 0.25) is 0 Å². The summed E-state index contributed by atoms with van der Waals surface area (Å²) in [5.74, 6) is -0.0951.